The van der Waals surface area contributed by atoms with Crippen LogP contribution in [0.2, 0.25) is 0 Å². The van der Waals surface area contributed by atoms with E-state index in [9.17, 15) is 23.6 Å². The van der Waals surface area contributed by atoms with Gasteiger partial charge in [-0.15, -0.1) is 0 Å². The molecule has 8 heteroatoms. The molecular weight excluding hydrogens is 367 g/mol. The minimum absolute atomic E-state index is 0.310. The van der Waals surface area contributed by atoms with Gasteiger partial charge in [0.05, 0.1) is 11.8 Å². The van der Waals surface area contributed by atoms with E-state index in [2.05, 4.69) is 5.32 Å². The number of benzene rings is 1. The number of carbonyl (C=O) groups excluding carboxylic acids is 4. The van der Waals surface area contributed by atoms with Gasteiger partial charge in [0.15, 0.2) is 6.61 Å². The van der Waals surface area contributed by atoms with Crippen LogP contribution in [-0.4, -0.2) is 48.3 Å². The summed E-state index contributed by atoms with van der Waals surface area (Å²) < 4.78 is 17.7. The molecule has 2 aliphatic rings. The Balaban J connectivity index is 1.38. The van der Waals surface area contributed by atoms with Crippen LogP contribution in [0.3, 0.4) is 0 Å². The molecule has 0 aromatic heterocycles. The molecule has 0 radical (unpaired) electrons. The molecule has 1 aliphatic heterocycles. The van der Waals surface area contributed by atoms with Crippen molar-refractivity contribution in [2.45, 2.75) is 32.1 Å². The van der Waals surface area contributed by atoms with Crippen molar-refractivity contribution < 1.29 is 28.3 Å². The fourth-order valence-electron chi connectivity index (χ4n) is 3.76. The maximum Gasteiger partial charge on any atom is 0.326 e. The van der Waals surface area contributed by atoms with Gasteiger partial charge in [0, 0.05) is 6.54 Å². The lowest BCUT2D eigenvalue weighted by Gasteiger charge is -2.19. The number of imide groups is 1. The monoisotopic (exact) mass is 390 g/mol. The van der Waals surface area contributed by atoms with E-state index in [1.807, 2.05) is 0 Å². The second kappa shape index (κ2) is 8.95. The Hall–Kier alpha value is -2.77. The normalized spacial score (nSPS) is 21.4. The second-order valence-corrected chi connectivity index (χ2v) is 7.15. The number of rotatable bonds is 7. The lowest BCUT2D eigenvalue weighted by molar-refractivity contribution is -0.154. The first-order valence-corrected chi connectivity index (χ1v) is 9.47. The highest BCUT2D eigenvalue weighted by atomic mass is 19.1. The van der Waals surface area contributed by atoms with Crippen LogP contribution < -0.4 is 5.32 Å². The molecule has 1 aromatic carbocycles. The average molecular weight is 390 g/mol. The molecule has 0 spiro atoms. The van der Waals surface area contributed by atoms with E-state index in [0.717, 1.165) is 23.3 Å². The van der Waals surface area contributed by atoms with Crippen molar-refractivity contribution in [2.24, 2.45) is 11.8 Å². The van der Waals surface area contributed by atoms with Gasteiger partial charge >= 0.3 is 5.97 Å². The number of carbonyl (C=O) groups is 4. The molecule has 3 rings (SSSR count). The summed E-state index contributed by atoms with van der Waals surface area (Å²) in [5.74, 6) is -2.84. The van der Waals surface area contributed by atoms with Crippen LogP contribution >= 0.6 is 0 Å². The molecule has 1 heterocycles. The fourth-order valence-corrected chi connectivity index (χ4v) is 3.76. The highest BCUT2D eigenvalue weighted by molar-refractivity contribution is 6.07. The number of nitrogens with zero attached hydrogens (tertiary/aromatic N) is 1. The molecule has 1 aromatic rings. The Morgan fingerprint density at radius 2 is 1.68 bits per heavy atom. The largest absolute Gasteiger partial charge is 0.454 e. The van der Waals surface area contributed by atoms with Gasteiger partial charge < -0.3 is 10.1 Å². The Bertz CT molecular complexity index is 740. The first-order valence-electron chi connectivity index (χ1n) is 9.47. The zero-order valence-corrected chi connectivity index (χ0v) is 15.5. The third-order valence-electron chi connectivity index (χ3n) is 5.23. The van der Waals surface area contributed by atoms with Gasteiger partial charge in [0.1, 0.15) is 12.4 Å². The molecule has 0 unspecified atom stereocenters. The van der Waals surface area contributed by atoms with Gasteiger partial charge in [0.25, 0.3) is 5.91 Å². The van der Waals surface area contributed by atoms with Gasteiger partial charge in [-0.25, -0.2) is 4.39 Å². The zero-order chi connectivity index (χ0) is 20.1. The van der Waals surface area contributed by atoms with E-state index >= 15 is 0 Å². The highest BCUT2D eigenvalue weighted by Gasteiger charge is 2.48. The van der Waals surface area contributed by atoms with Crippen molar-refractivity contribution in [3.8, 4) is 0 Å². The summed E-state index contributed by atoms with van der Waals surface area (Å²) in [7, 11) is 0. The van der Waals surface area contributed by atoms with E-state index in [0.29, 0.717) is 25.8 Å². The van der Waals surface area contributed by atoms with Crippen molar-refractivity contribution in [1.82, 2.24) is 10.2 Å². The van der Waals surface area contributed by atoms with Crippen LogP contribution in [0.1, 0.15) is 31.2 Å². The van der Waals surface area contributed by atoms with Crippen molar-refractivity contribution in [1.29, 1.82) is 0 Å². The van der Waals surface area contributed by atoms with Crippen LogP contribution in [0.15, 0.2) is 24.3 Å². The number of esters is 1. The lowest BCUT2D eigenvalue weighted by atomic mass is 9.81. The summed E-state index contributed by atoms with van der Waals surface area (Å²) in [5, 5.41) is 2.60. The van der Waals surface area contributed by atoms with Crippen LogP contribution in [0, 0.1) is 17.7 Å². The van der Waals surface area contributed by atoms with Crippen molar-refractivity contribution >= 4 is 23.7 Å². The average Bonchev–Trinajstić information content (AvgIpc) is 2.93. The number of nitrogens with one attached hydrogen (secondary N) is 1. The molecule has 150 valence electrons. The first kappa shape index (κ1) is 20.0. The number of halogens is 1. The molecule has 3 amide bonds. The molecule has 7 nitrogen and oxygen atoms in total. The maximum absolute atomic E-state index is 12.8. The highest BCUT2D eigenvalue weighted by Crippen LogP contribution is 2.37. The van der Waals surface area contributed by atoms with Crippen LogP contribution in [0.4, 0.5) is 4.39 Å². The summed E-state index contributed by atoms with van der Waals surface area (Å²) in [4.78, 5) is 49.3. The topological polar surface area (TPSA) is 92.8 Å². The molecule has 1 saturated heterocycles. The first-order chi connectivity index (χ1) is 13.5. The molecule has 1 saturated carbocycles. The van der Waals surface area contributed by atoms with Gasteiger partial charge in [-0.05, 0) is 37.0 Å². The van der Waals surface area contributed by atoms with Crippen molar-refractivity contribution in [3.63, 3.8) is 0 Å². The van der Waals surface area contributed by atoms with E-state index in [1.54, 1.807) is 12.1 Å². The summed E-state index contributed by atoms with van der Waals surface area (Å²) in [6.45, 7) is -0.618. The predicted molar refractivity (Wildman–Crippen MR) is 96.2 cm³/mol. The summed E-state index contributed by atoms with van der Waals surface area (Å²) in [6.07, 6.45) is 3.70. The maximum atomic E-state index is 12.8. The molecule has 1 aliphatic carbocycles. The number of ether oxygens (including phenoxy) is 1. The summed E-state index contributed by atoms with van der Waals surface area (Å²) in [6, 6.07) is 5.94. The summed E-state index contributed by atoms with van der Waals surface area (Å²) >= 11 is 0. The smallest absolute Gasteiger partial charge is 0.326 e. The van der Waals surface area contributed by atoms with Gasteiger partial charge in [-0.1, -0.05) is 25.0 Å². The van der Waals surface area contributed by atoms with Crippen LogP contribution in [0.25, 0.3) is 0 Å². The quantitative estimate of drug-likeness (QED) is 0.558. The van der Waals surface area contributed by atoms with Crippen LogP contribution in [-0.2, 0) is 30.3 Å². The van der Waals surface area contributed by atoms with Crippen molar-refractivity contribution in [3.05, 3.63) is 35.6 Å². The molecule has 28 heavy (non-hydrogen) atoms. The van der Waals surface area contributed by atoms with Gasteiger partial charge in [-0.3, -0.25) is 24.1 Å². The van der Waals surface area contributed by atoms with E-state index in [1.165, 1.54) is 12.1 Å². The molecule has 1 N–H and O–H groups in total. The second-order valence-electron chi connectivity index (χ2n) is 7.15. The standard InChI is InChI=1S/C20H23FN2O5/c21-14-7-5-13(6-8-14)9-10-22-17(24)12-28-18(25)11-23-19(26)15-3-1-2-4-16(15)20(23)27/h5-8,15-16H,1-4,9-12H2,(H,22,24)/t15-,16-/m0/s1. The van der Waals surface area contributed by atoms with E-state index < -0.39 is 25.0 Å². The number of likely N-dealkylation sites (tertiary alicyclic amines) is 1. The molecular formula is C20H23FN2O5. The lowest BCUT2D eigenvalue weighted by Crippen LogP contribution is -2.38. The minimum Gasteiger partial charge on any atom is -0.454 e. The molecule has 2 fully saturated rings. The Morgan fingerprint density at radius 1 is 1.07 bits per heavy atom. The number of hydrogen-bond donors (Lipinski definition) is 1. The van der Waals surface area contributed by atoms with Gasteiger partial charge in [0.2, 0.25) is 11.8 Å². The van der Waals surface area contributed by atoms with Crippen molar-refractivity contribution in [2.75, 3.05) is 19.7 Å². The number of hydrogen-bond acceptors (Lipinski definition) is 5. The van der Waals surface area contributed by atoms with E-state index in [4.69, 9.17) is 4.74 Å². The molecule has 0 bridgehead atoms. The Labute approximate surface area is 162 Å². The SMILES string of the molecule is O=C(COC(=O)CN1C(=O)[C@H]2CCCC[C@@H]2C1=O)NCCc1ccc(F)cc1. The summed E-state index contributed by atoms with van der Waals surface area (Å²) in [5.41, 5.74) is 0.867. The third-order valence-corrected chi connectivity index (χ3v) is 5.23. The third kappa shape index (κ3) is 4.74. The zero-order valence-electron chi connectivity index (χ0n) is 15.5. The van der Waals surface area contributed by atoms with Gasteiger partial charge in [-0.2, -0.15) is 0 Å². The minimum atomic E-state index is -0.783. The predicted octanol–water partition coefficient (Wildman–Crippen LogP) is 1.20. The molecule has 2 atom stereocenters. The van der Waals surface area contributed by atoms with Crippen LogP contribution in [0.5, 0.6) is 0 Å². The fraction of sp³-hybridized carbons (Fsp3) is 0.500. The Kier molecular flexibility index (Phi) is 6.38. The number of fused-ring (bicyclic) bond motifs is 1. The number of amides is 3. The van der Waals surface area contributed by atoms with E-state index in [-0.39, 0.29) is 29.5 Å². The Morgan fingerprint density at radius 3 is 2.29 bits per heavy atom.